The first-order chi connectivity index (χ1) is 8.08. The number of hydrogen-bond acceptors (Lipinski definition) is 2. The third-order valence-corrected chi connectivity index (χ3v) is 2.41. The molecule has 17 heavy (non-hydrogen) atoms. The van der Waals surface area contributed by atoms with E-state index in [9.17, 15) is 4.39 Å². The lowest BCUT2D eigenvalue weighted by Gasteiger charge is -2.14. The summed E-state index contributed by atoms with van der Waals surface area (Å²) in [6.07, 6.45) is 0. The third-order valence-electron chi connectivity index (χ3n) is 2.41. The number of anilines is 1. The van der Waals surface area contributed by atoms with Gasteiger partial charge in [0, 0.05) is 34.7 Å². The molecule has 0 aliphatic carbocycles. The summed E-state index contributed by atoms with van der Waals surface area (Å²) in [5.74, 6) is 0.468. The van der Waals surface area contributed by atoms with Gasteiger partial charge in [-0.2, -0.15) is 0 Å². The first kappa shape index (κ1) is 13.3. The van der Waals surface area contributed by atoms with Gasteiger partial charge < -0.3 is 15.5 Å². The molecule has 0 amide bonds. The van der Waals surface area contributed by atoms with E-state index < -0.39 is 0 Å². The van der Waals surface area contributed by atoms with E-state index in [1.165, 1.54) is 6.07 Å². The summed E-state index contributed by atoms with van der Waals surface area (Å²) in [5, 5.41) is 5.97. The van der Waals surface area contributed by atoms with Crippen molar-refractivity contribution in [3.05, 3.63) is 29.6 Å². The fraction of sp³-hybridized carbons (Fsp3) is 0.417. The minimum absolute atomic E-state index is 0.214. The Labute approximate surface area is 102 Å². The van der Waals surface area contributed by atoms with Crippen molar-refractivity contribution in [1.82, 2.24) is 10.6 Å². The van der Waals surface area contributed by atoms with Crippen molar-refractivity contribution in [1.29, 1.82) is 0 Å². The molecule has 5 heteroatoms. The van der Waals surface area contributed by atoms with Crippen LogP contribution in [0.15, 0.2) is 23.2 Å². The summed E-state index contributed by atoms with van der Waals surface area (Å²) in [7, 11) is 7.11. The molecule has 0 saturated heterocycles. The Morgan fingerprint density at radius 1 is 1.41 bits per heavy atom. The van der Waals surface area contributed by atoms with Gasteiger partial charge in [-0.15, -0.1) is 0 Å². The van der Waals surface area contributed by atoms with Crippen LogP contribution in [-0.4, -0.2) is 34.2 Å². The zero-order valence-electron chi connectivity index (χ0n) is 10.7. The Bertz CT molecular complexity index is 401. The Kier molecular flexibility index (Phi) is 4.75. The summed E-state index contributed by atoms with van der Waals surface area (Å²) in [5.41, 5.74) is 1.47. The van der Waals surface area contributed by atoms with Gasteiger partial charge in [-0.05, 0) is 17.7 Å². The van der Waals surface area contributed by atoms with E-state index in [0.717, 1.165) is 5.56 Å². The number of hydrogen-bond donors (Lipinski definition) is 2. The Balaban J connectivity index is 2.71. The zero-order chi connectivity index (χ0) is 12.8. The van der Waals surface area contributed by atoms with E-state index in [2.05, 4.69) is 15.6 Å². The fourth-order valence-electron chi connectivity index (χ4n) is 1.49. The van der Waals surface area contributed by atoms with Crippen molar-refractivity contribution in [3.8, 4) is 0 Å². The molecule has 0 heterocycles. The van der Waals surface area contributed by atoms with Crippen LogP contribution in [-0.2, 0) is 6.54 Å². The van der Waals surface area contributed by atoms with E-state index in [1.807, 2.05) is 20.2 Å². The van der Waals surface area contributed by atoms with Gasteiger partial charge in [0.15, 0.2) is 5.96 Å². The van der Waals surface area contributed by atoms with Gasteiger partial charge in [0.1, 0.15) is 5.82 Å². The number of nitrogens with zero attached hydrogens (tertiary/aromatic N) is 2. The van der Waals surface area contributed by atoms with Gasteiger partial charge in [-0.3, -0.25) is 4.99 Å². The molecule has 0 aromatic heterocycles. The third kappa shape index (κ3) is 3.62. The lowest BCUT2D eigenvalue weighted by molar-refractivity contribution is 0.623. The van der Waals surface area contributed by atoms with Gasteiger partial charge in [0.25, 0.3) is 0 Å². The molecule has 1 rings (SSSR count). The van der Waals surface area contributed by atoms with Crippen molar-refractivity contribution in [2.45, 2.75) is 6.54 Å². The van der Waals surface area contributed by atoms with E-state index in [0.29, 0.717) is 18.2 Å². The van der Waals surface area contributed by atoms with Crippen molar-refractivity contribution in [2.75, 3.05) is 33.1 Å². The van der Waals surface area contributed by atoms with Crippen molar-refractivity contribution in [2.24, 2.45) is 4.99 Å². The average Bonchev–Trinajstić information content (AvgIpc) is 2.30. The zero-order valence-corrected chi connectivity index (χ0v) is 10.7. The summed E-state index contributed by atoms with van der Waals surface area (Å²) in [6.45, 7) is 0.540. The van der Waals surface area contributed by atoms with Crippen molar-refractivity contribution < 1.29 is 4.39 Å². The first-order valence-electron chi connectivity index (χ1n) is 5.42. The minimum atomic E-state index is -0.214. The Morgan fingerprint density at radius 2 is 2.12 bits per heavy atom. The highest BCUT2D eigenvalue weighted by Crippen LogP contribution is 2.17. The van der Waals surface area contributed by atoms with Gasteiger partial charge >= 0.3 is 0 Å². The molecule has 94 valence electrons. The maximum atomic E-state index is 13.7. The van der Waals surface area contributed by atoms with Crippen LogP contribution in [0.2, 0.25) is 0 Å². The normalized spacial score (nSPS) is 11.2. The SMILES string of the molecule is CN=C(NC)NCc1ccc(N(C)C)c(F)c1. The molecule has 0 atom stereocenters. The molecule has 0 bridgehead atoms. The Morgan fingerprint density at radius 3 is 2.59 bits per heavy atom. The largest absolute Gasteiger partial charge is 0.375 e. The van der Waals surface area contributed by atoms with Crippen molar-refractivity contribution >= 4 is 11.6 Å². The summed E-state index contributed by atoms with van der Waals surface area (Å²) >= 11 is 0. The van der Waals surface area contributed by atoms with Crippen LogP contribution >= 0.6 is 0 Å². The minimum Gasteiger partial charge on any atom is -0.375 e. The second kappa shape index (κ2) is 6.08. The second-order valence-electron chi connectivity index (χ2n) is 3.86. The molecular weight excluding hydrogens is 219 g/mol. The van der Waals surface area contributed by atoms with E-state index in [-0.39, 0.29) is 5.82 Å². The van der Waals surface area contributed by atoms with E-state index >= 15 is 0 Å². The molecular formula is C12H19FN4. The highest BCUT2D eigenvalue weighted by Gasteiger charge is 2.05. The quantitative estimate of drug-likeness (QED) is 0.614. The lowest BCUT2D eigenvalue weighted by Crippen LogP contribution is -2.34. The topological polar surface area (TPSA) is 39.7 Å². The highest BCUT2D eigenvalue weighted by molar-refractivity contribution is 5.79. The van der Waals surface area contributed by atoms with E-state index in [4.69, 9.17) is 0 Å². The van der Waals surface area contributed by atoms with Gasteiger partial charge in [-0.1, -0.05) is 6.07 Å². The van der Waals surface area contributed by atoms with Crippen LogP contribution < -0.4 is 15.5 Å². The number of halogens is 1. The number of rotatable bonds is 3. The molecule has 0 saturated carbocycles. The van der Waals surface area contributed by atoms with Crippen molar-refractivity contribution in [3.63, 3.8) is 0 Å². The summed E-state index contributed by atoms with van der Waals surface area (Å²) < 4.78 is 13.7. The molecule has 0 spiro atoms. The van der Waals surface area contributed by atoms with Crippen LogP contribution in [0.4, 0.5) is 10.1 Å². The van der Waals surface area contributed by atoms with Gasteiger partial charge in [0.05, 0.1) is 5.69 Å². The summed E-state index contributed by atoms with van der Waals surface area (Å²) in [6, 6.07) is 5.20. The molecule has 1 aromatic rings. The number of guanidine groups is 1. The smallest absolute Gasteiger partial charge is 0.190 e. The maximum absolute atomic E-state index is 13.7. The molecule has 0 unspecified atom stereocenters. The van der Waals surface area contributed by atoms with Gasteiger partial charge in [0.2, 0.25) is 0 Å². The van der Waals surface area contributed by atoms with Crippen LogP contribution in [0.5, 0.6) is 0 Å². The van der Waals surface area contributed by atoms with Crippen LogP contribution in [0.25, 0.3) is 0 Å². The molecule has 1 aromatic carbocycles. The van der Waals surface area contributed by atoms with Crippen LogP contribution in [0.3, 0.4) is 0 Å². The van der Waals surface area contributed by atoms with Crippen LogP contribution in [0.1, 0.15) is 5.56 Å². The Hall–Kier alpha value is -1.78. The molecule has 0 aliphatic rings. The number of aliphatic imine (C=N–C) groups is 1. The average molecular weight is 238 g/mol. The van der Waals surface area contributed by atoms with E-state index in [1.54, 1.807) is 25.1 Å². The predicted molar refractivity (Wildman–Crippen MR) is 70.0 cm³/mol. The molecule has 2 N–H and O–H groups in total. The fourth-order valence-corrected chi connectivity index (χ4v) is 1.49. The number of benzene rings is 1. The summed E-state index contributed by atoms with van der Waals surface area (Å²) in [4.78, 5) is 5.73. The molecule has 4 nitrogen and oxygen atoms in total. The van der Waals surface area contributed by atoms with Crippen LogP contribution in [0, 0.1) is 5.82 Å². The first-order valence-corrected chi connectivity index (χ1v) is 5.42. The highest BCUT2D eigenvalue weighted by atomic mass is 19.1. The lowest BCUT2D eigenvalue weighted by atomic mass is 10.2. The second-order valence-corrected chi connectivity index (χ2v) is 3.86. The molecule has 0 fully saturated rings. The monoisotopic (exact) mass is 238 g/mol. The van der Waals surface area contributed by atoms with Gasteiger partial charge in [-0.25, -0.2) is 4.39 Å². The number of nitrogens with one attached hydrogen (secondary N) is 2. The maximum Gasteiger partial charge on any atom is 0.190 e. The predicted octanol–water partition coefficient (Wildman–Crippen LogP) is 1.19. The standard InChI is InChI=1S/C12H19FN4/c1-14-12(15-2)16-8-9-5-6-11(17(3)4)10(13)7-9/h5-7H,8H2,1-4H3,(H2,14,15,16). The molecule has 0 radical (unpaired) electrons. The molecule has 0 aliphatic heterocycles.